The first kappa shape index (κ1) is 18.5. The highest BCUT2D eigenvalue weighted by atomic mass is 16.7. The number of aliphatic hydroxyl groups excluding tert-OH is 5. The van der Waals surface area contributed by atoms with E-state index in [0.29, 0.717) is 12.8 Å². The lowest BCUT2D eigenvalue weighted by molar-refractivity contribution is -0.299. The van der Waals surface area contributed by atoms with Gasteiger partial charge in [-0.3, -0.25) is 0 Å². The van der Waals surface area contributed by atoms with Gasteiger partial charge in [0.2, 0.25) is 0 Å². The van der Waals surface area contributed by atoms with E-state index in [1.807, 2.05) is 13.0 Å². The van der Waals surface area contributed by atoms with E-state index in [4.69, 9.17) is 19.7 Å². The SMILES string of the molecule is C/C(=C\CCC(C)O)CO[C@@H]1O[C@H](CO)[C@@H](O)[C@H](O)[C@H]1O. The molecule has 1 saturated heterocycles. The van der Waals surface area contributed by atoms with E-state index in [9.17, 15) is 15.3 Å². The second kappa shape index (κ2) is 8.79. The number of allylic oxidation sites excluding steroid dienone is 1. The summed E-state index contributed by atoms with van der Waals surface area (Å²) in [5, 5.41) is 47.3. The van der Waals surface area contributed by atoms with Crippen LogP contribution >= 0.6 is 0 Å². The molecule has 0 aromatic heterocycles. The highest BCUT2D eigenvalue weighted by Crippen LogP contribution is 2.22. The molecule has 7 nitrogen and oxygen atoms in total. The average Bonchev–Trinajstić information content (AvgIpc) is 2.43. The van der Waals surface area contributed by atoms with Gasteiger partial charge in [-0.05, 0) is 26.7 Å². The van der Waals surface area contributed by atoms with Crippen LogP contribution in [0.15, 0.2) is 11.6 Å². The van der Waals surface area contributed by atoms with Crippen molar-refractivity contribution in [3.63, 3.8) is 0 Å². The molecule has 0 aromatic carbocycles. The van der Waals surface area contributed by atoms with Gasteiger partial charge in [0.1, 0.15) is 24.4 Å². The van der Waals surface area contributed by atoms with Gasteiger partial charge >= 0.3 is 0 Å². The fourth-order valence-corrected chi connectivity index (χ4v) is 2.05. The van der Waals surface area contributed by atoms with Gasteiger partial charge in [0.15, 0.2) is 6.29 Å². The molecule has 0 bridgehead atoms. The molecule has 0 aliphatic carbocycles. The first-order valence-electron chi connectivity index (χ1n) is 7.12. The molecule has 5 N–H and O–H groups in total. The summed E-state index contributed by atoms with van der Waals surface area (Å²) in [6, 6.07) is 0. The average molecular weight is 306 g/mol. The first-order chi connectivity index (χ1) is 9.86. The quantitative estimate of drug-likeness (QED) is 0.379. The molecule has 21 heavy (non-hydrogen) atoms. The smallest absolute Gasteiger partial charge is 0.187 e. The molecule has 1 aliphatic heterocycles. The van der Waals surface area contributed by atoms with E-state index in [0.717, 1.165) is 5.57 Å². The summed E-state index contributed by atoms with van der Waals surface area (Å²) in [4.78, 5) is 0. The Bertz CT molecular complexity index is 329. The van der Waals surface area contributed by atoms with E-state index < -0.39 is 37.3 Å². The van der Waals surface area contributed by atoms with Crippen LogP contribution in [0.25, 0.3) is 0 Å². The van der Waals surface area contributed by atoms with Gasteiger partial charge in [0, 0.05) is 0 Å². The Morgan fingerprint density at radius 1 is 1.24 bits per heavy atom. The third kappa shape index (κ3) is 5.63. The van der Waals surface area contributed by atoms with Gasteiger partial charge in [-0.1, -0.05) is 11.6 Å². The van der Waals surface area contributed by atoms with Crippen LogP contribution in [-0.2, 0) is 9.47 Å². The van der Waals surface area contributed by atoms with Crippen LogP contribution < -0.4 is 0 Å². The molecule has 6 atom stereocenters. The molecule has 1 rings (SSSR count). The van der Waals surface area contributed by atoms with Crippen molar-refractivity contribution in [3.8, 4) is 0 Å². The minimum atomic E-state index is -1.43. The lowest BCUT2D eigenvalue weighted by atomic mass is 9.99. The molecule has 1 fully saturated rings. The monoisotopic (exact) mass is 306 g/mol. The second-order valence-corrected chi connectivity index (χ2v) is 5.49. The van der Waals surface area contributed by atoms with Crippen LogP contribution in [0.2, 0.25) is 0 Å². The minimum absolute atomic E-state index is 0.183. The van der Waals surface area contributed by atoms with Gasteiger partial charge < -0.3 is 35.0 Å². The molecule has 0 amide bonds. The van der Waals surface area contributed by atoms with Crippen LogP contribution in [0.5, 0.6) is 0 Å². The van der Waals surface area contributed by atoms with Crippen molar-refractivity contribution >= 4 is 0 Å². The maximum absolute atomic E-state index is 9.79. The summed E-state index contributed by atoms with van der Waals surface area (Å²) in [5.74, 6) is 0. The lowest BCUT2D eigenvalue weighted by Gasteiger charge is -2.39. The van der Waals surface area contributed by atoms with Crippen molar-refractivity contribution < 1.29 is 35.0 Å². The maximum Gasteiger partial charge on any atom is 0.187 e. The zero-order valence-corrected chi connectivity index (χ0v) is 12.4. The molecule has 7 heteroatoms. The van der Waals surface area contributed by atoms with Gasteiger partial charge in [0.05, 0.1) is 19.3 Å². The highest BCUT2D eigenvalue weighted by Gasteiger charge is 2.43. The molecule has 1 unspecified atom stereocenters. The Morgan fingerprint density at radius 3 is 2.48 bits per heavy atom. The van der Waals surface area contributed by atoms with Crippen molar-refractivity contribution in [1.82, 2.24) is 0 Å². The van der Waals surface area contributed by atoms with E-state index in [1.54, 1.807) is 6.92 Å². The summed E-state index contributed by atoms with van der Waals surface area (Å²) in [6.45, 7) is 3.26. The fraction of sp³-hybridized carbons (Fsp3) is 0.857. The summed E-state index contributed by atoms with van der Waals surface area (Å²) < 4.78 is 10.6. The van der Waals surface area contributed by atoms with Gasteiger partial charge in [-0.25, -0.2) is 0 Å². The van der Waals surface area contributed by atoms with E-state index in [1.165, 1.54) is 0 Å². The van der Waals surface area contributed by atoms with Crippen LogP contribution in [0.3, 0.4) is 0 Å². The zero-order valence-electron chi connectivity index (χ0n) is 12.4. The second-order valence-electron chi connectivity index (χ2n) is 5.49. The number of hydrogen-bond donors (Lipinski definition) is 5. The Hall–Kier alpha value is -0.540. The fourth-order valence-electron chi connectivity index (χ4n) is 2.05. The molecule has 1 aliphatic rings. The molecule has 0 aromatic rings. The molecular weight excluding hydrogens is 280 g/mol. The van der Waals surface area contributed by atoms with Crippen molar-refractivity contribution in [3.05, 3.63) is 11.6 Å². The lowest BCUT2D eigenvalue weighted by Crippen LogP contribution is -2.59. The zero-order chi connectivity index (χ0) is 16.0. The third-order valence-electron chi connectivity index (χ3n) is 3.40. The number of hydrogen-bond acceptors (Lipinski definition) is 7. The van der Waals surface area contributed by atoms with Crippen LogP contribution in [0.1, 0.15) is 26.7 Å². The van der Waals surface area contributed by atoms with Crippen molar-refractivity contribution in [2.45, 2.75) is 63.5 Å². The van der Waals surface area contributed by atoms with Crippen LogP contribution in [-0.4, -0.2) is 75.6 Å². The molecule has 0 spiro atoms. The van der Waals surface area contributed by atoms with Crippen LogP contribution in [0.4, 0.5) is 0 Å². The number of aliphatic hydroxyl groups is 5. The van der Waals surface area contributed by atoms with Gasteiger partial charge in [-0.15, -0.1) is 0 Å². The van der Waals surface area contributed by atoms with Crippen LogP contribution in [0, 0.1) is 0 Å². The normalized spacial score (nSPS) is 35.8. The molecule has 0 radical (unpaired) electrons. The van der Waals surface area contributed by atoms with E-state index in [2.05, 4.69) is 0 Å². The maximum atomic E-state index is 9.79. The standard InChI is InChI=1S/C14H26O7/c1-8(4-3-5-9(2)16)7-20-14-13(19)12(18)11(17)10(6-15)21-14/h4,9-19H,3,5-7H2,1-2H3/b8-4+/t9?,10-,11-,12+,13-,14-/m1/s1. The number of ether oxygens (including phenoxy) is 2. The molecular formula is C14H26O7. The molecule has 124 valence electrons. The Balaban J connectivity index is 2.46. The largest absolute Gasteiger partial charge is 0.394 e. The summed E-state index contributed by atoms with van der Waals surface area (Å²) in [6.07, 6.45) is -3.36. The van der Waals surface area contributed by atoms with Gasteiger partial charge in [-0.2, -0.15) is 0 Å². The molecule has 0 saturated carbocycles. The Morgan fingerprint density at radius 2 is 1.90 bits per heavy atom. The summed E-state index contributed by atoms with van der Waals surface area (Å²) in [5.41, 5.74) is 0.896. The Kier molecular flexibility index (Phi) is 7.75. The van der Waals surface area contributed by atoms with E-state index in [-0.39, 0.29) is 12.7 Å². The predicted molar refractivity (Wildman–Crippen MR) is 74.4 cm³/mol. The van der Waals surface area contributed by atoms with Crippen molar-refractivity contribution in [1.29, 1.82) is 0 Å². The topological polar surface area (TPSA) is 120 Å². The third-order valence-corrected chi connectivity index (χ3v) is 3.40. The summed E-state index contributed by atoms with van der Waals surface area (Å²) >= 11 is 0. The highest BCUT2D eigenvalue weighted by molar-refractivity contribution is 4.99. The molecule has 1 heterocycles. The Labute approximate surface area is 124 Å². The first-order valence-corrected chi connectivity index (χ1v) is 7.12. The van der Waals surface area contributed by atoms with Gasteiger partial charge in [0.25, 0.3) is 0 Å². The van der Waals surface area contributed by atoms with Crippen molar-refractivity contribution in [2.75, 3.05) is 13.2 Å². The summed E-state index contributed by atoms with van der Waals surface area (Å²) in [7, 11) is 0. The van der Waals surface area contributed by atoms with Crippen molar-refractivity contribution in [2.24, 2.45) is 0 Å². The number of rotatable bonds is 7. The predicted octanol–water partition coefficient (Wildman–Crippen LogP) is -1.09. The van der Waals surface area contributed by atoms with E-state index >= 15 is 0 Å². The minimum Gasteiger partial charge on any atom is -0.394 e.